The van der Waals surface area contributed by atoms with Gasteiger partial charge in [0, 0.05) is 49.0 Å². The Kier molecular flexibility index (Phi) is 5.60. The topological polar surface area (TPSA) is 115 Å². The second-order valence-electron chi connectivity index (χ2n) is 6.42. The van der Waals surface area contributed by atoms with Crippen molar-refractivity contribution in [2.45, 2.75) is 6.54 Å². The van der Waals surface area contributed by atoms with Gasteiger partial charge in [0.2, 0.25) is 0 Å². The first-order valence-corrected chi connectivity index (χ1v) is 9.81. The molecule has 1 aromatic carbocycles. The number of amides is 1. The number of nitro groups is 1. The van der Waals surface area contributed by atoms with E-state index in [0.717, 1.165) is 18.8 Å². The van der Waals surface area contributed by atoms with Gasteiger partial charge in [0.1, 0.15) is 5.69 Å². The van der Waals surface area contributed by atoms with Gasteiger partial charge < -0.3 is 9.30 Å². The van der Waals surface area contributed by atoms with Gasteiger partial charge in [0.05, 0.1) is 30.2 Å². The van der Waals surface area contributed by atoms with E-state index in [0.29, 0.717) is 30.6 Å². The van der Waals surface area contributed by atoms with Crippen LogP contribution in [0.3, 0.4) is 0 Å². The Morgan fingerprint density at radius 1 is 1.34 bits per heavy atom. The summed E-state index contributed by atoms with van der Waals surface area (Å²) in [5.74, 6) is -0.447. The molecule has 0 radical (unpaired) electrons. The number of carbonyl (C=O) groups is 1. The fraction of sp³-hybridized carbons (Fsp3) is 0.278. The third-order valence-corrected chi connectivity index (χ3v) is 5.28. The van der Waals surface area contributed by atoms with Crippen molar-refractivity contribution in [3.63, 3.8) is 0 Å². The summed E-state index contributed by atoms with van der Waals surface area (Å²) in [5.41, 5.74) is 1.22. The second kappa shape index (κ2) is 8.47. The quantitative estimate of drug-likeness (QED) is 0.486. The zero-order valence-corrected chi connectivity index (χ0v) is 16.2. The van der Waals surface area contributed by atoms with Crippen LogP contribution >= 0.6 is 11.3 Å². The highest BCUT2D eigenvalue weighted by molar-refractivity contribution is 7.13. The highest BCUT2D eigenvalue weighted by atomic mass is 32.1. The van der Waals surface area contributed by atoms with E-state index in [1.54, 1.807) is 12.3 Å². The van der Waals surface area contributed by atoms with Gasteiger partial charge in [-0.05, 0) is 12.1 Å². The van der Waals surface area contributed by atoms with Crippen molar-refractivity contribution in [3.05, 3.63) is 63.7 Å². The summed E-state index contributed by atoms with van der Waals surface area (Å²) in [4.78, 5) is 34.1. The molecule has 1 saturated heterocycles. The maximum absolute atomic E-state index is 12.6. The minimum absolute atomic E-state index is 0.178. The molecule has 1 aliphatic rings. The van der Waals surface area contributed by atoms with Gasteiger partial charge in [-0.2, -0.15) is 0 Å². The van der Waals surface area contributed by atoms with Crippen molar-refractivity contribution < 1.29 is 14.5 Å². The predicted molar refractivity (Wildman–Crippen MR) is 106 cm³/mol. The fourth-order valence-corrected chi connectivity index (χ4v) is 3.72. The number of aromatic nitrogens is 3. The van der Waals surface area contributed by atoms with Crippen LogP contribution in [0.15, 0.2) is 42.3 Å². The van der Waals surface area contributed by atoms with Crippen molar-refractivity contribution in [1.82, 2.24) is 19.4 Å². The van der Waals surface area contributed by atoms with Gasteiger partial charge in [0.25, 0.3) is 11.6 Å². The van der Waals surface area contributed by atoms with E-state index in [2.05, 4.69) is 20.2 Å². The number of nitrogens with zero attached hydrogens (tertiary/aromatic N) is 5. The molecule has 150 valence electrons. The Labute approximate surface area is 169 Å². The summed E-state index contributed by atoms with van der Waals surface area (Å²) in [6, 6.07) is 4.33. The lowest BCUT2D eigenvalue weighted by molar-refractivity contribution is -0.384. The SMILES string of the molecule is O=C(Nc1nc(CN2CCOCC2)cs1)c1ccc(-n2ccnc2)c([N+](=O)[O-])c1. The zero-order valence-electron chi connectivity index (χ0n) is 15.4. The molecular weight excluding hydrogens is 396 g/mol. The lowest BCUT2D eigenvalue weighted by Crippen LogP contribution is -2.35. The summed E-state index contributed by atoms with van der Waals surface area (Å²) < 4.78 is 6.86. The minimum Gasteiger partial charge on any atom is -0.379 e. The van der Waals surface area contributed by atoms with E-state index in [4.69, 9.17) is 4.74 Å². The minimum atomic E-state index is -0.518. The fourth-order valence-electron chi connectivity index (χ4n) is 3.03. The lowest BCUT2D eigenvalue weighted by Gasteiger charge is -2.25. The molecule has 1 aliphatic heterocycles. The number of hydrogen-bond donors (Lipinski definition) is 1. The number of carbonyl (C=O) groups excluding carboxylic acids is 1. The molecule has 0 spiro atoms. The third-order valence-electron chi connectivity index (χ3n) is 4.48. The second-order valence-corrected chi connectivity index (χ2v) is 7.28. The summed E-state index contributed by atoms with van der Waals surface area (Å²) in [5, 5.41) is 16.5. The first kappa shape index (κ1) is 19.2. The molecule has 3 heterocycles. The Morgan fingerprint density at radius 3 is 2.90 bits per heavy atom. The van der Waals surface area contributed by atoms with E-state index in [1.165, 1.54) is 40.6 Å². The number of morpholine rings is 1. The zero-order chi connectivity index (χ0) is 20.2. The first-order chi connectivity index (χ1) is 14.1. The van der Waals surface area contributed by atoms with E-state index in [9.17, 15) is 14.9 Å². The molecule has 11 heteroatoms. The van der Waals surface area contributed by atoms with Gasteiger partial charge in [-0.1, -0.05) is 0 Å². The van der Waals surface area contributed by atoms with Crippen molar-refractivity contribution >= 4 is 28.1 Å². The summed E-state index contributed by atoms with van der Waals surface area (Å²) in [7, 11) is 0. The van der Waals surface area contributed by atoms with Crippen LogP contribution in [0.2, 0.25) is 0 Å². The van der Waals surface area contributed by atoms with Crippen LogP contribution in [0.5, 0.6) is 0 Å². The van der Waals surface area contributed by atoms with Gasteiger partial charge in [-0.3, -0.25) is 25.1 Å². The maximum atomic E-state index is 12.6. The Hall–Kier alpha value is -3.15. The molecule has 29 heavy (non-hydrogen) atoms. The third kappa shape index (κ3) is 4.47. The molecule has 0 aliphatic carbocycles. The first-order valence-electron chi connectivity index (χ1n) is 8.93. The van der Waals surface area contributed by atoms with Crippen molar-refractivity contribution in [1.29, 1.82) is 0 Å². The molecule has 10 nitrogen and oxygen atoms in total. The average Bonchev–Trinajstić information content (AvgIpc) is 3.40. The molecule has 1 N–H and O–H groups in total. The number of hydrogen-bond acceptors (Lipinski definition) is 8. The van der Waals surface area contributed by atoms with Gasteiger partial charge in [0.15, 0.2) is 5.13 Å². The van der Waals surface area contributed by atoms with E-state index >= 15 is 0 Å². The molecule has 2 aromatic heterocycles. The normalized spacial score (nSPS) is 14.6. The summed E-state index contributed by atoms with van der Waals surface area (Å²) in [6.45, 7) is 3.82. The molecule has 3 aromatic rings. The number of ether oxygens (including phenoxy) is 1. The van der Waals surface area contributed by atoms with Crippen LogP contribution in [0, 0.1) is 10.1 Å². The average molecular weight is 414 g/mol. The number of imidazole rings is 1. The van der Waals surface area contributed by atoms with Crippen LogP contribution in [0.4, 0.5) is 10.8 Å². The highest BCUT2D eigenvalue weighted by Crippen LogP contribution is 2.25. The van der Waals surface area contributed by atoms with Crippen molar-refractivity contribution in [3.8, 4) is 5.69 Å². The smallest absolute Gasteiger partial charge is 0.294 e. The molecule has 0 saturated carbocycles. The van der Waals surface area contributed by atoms with Crippen LogP contribution in [0.1, 0.15) is 16.1 Å². The van der Waals surface area contributed by atoms with Gasteiger partial charge >= 0.3 is 0 Å². The number of nitrogens with one attached hydrogen (secondary N) is 1. The molecule has 1 fully saturated rings. The number of nitro benzene ring substituents is 1. The Morgan fingerprint density at radius 2 is 2.17 bits per heavy atom. The number of rotatable bonds is 6. The Bertz CT molecular complexity index is 1010. The van der Waals surface area contributed by atoms with E-state index in [1.807, 2.05) is 5.38 Å². The summed E-state index contributed by atoms with van der Waals surface area (Å²) in [6.07, 6.45) is 4.60. The molecule has 0 unspecified atom stereocenters. The largest absolute Gasteiger partial charge is 0.379 e. The molecule has 0 atom stereocenters. The number of anilines is 1. The van der Waals surface area contributed by atoms with E-state index < -0.39 is 10.8 Å². The highest BCUT2D eigenvalue weighted by Gasteiger charge is 2.20. The molecular formula is C18H18N6O4S. The monoisotopic (exact) mass is 414 g/mol. The van der Waals surface area contributed by atoms with Crippen LogP contribution in [0.25, 0.3) is 5.69 Å². The van der Waals surface area contributed by atoms with Crippen LogP contribution in [-0.2, 0) is 11.3 Å². The van der Waals surface area contributed by atoms with Crippen LogP contribution in [-0.4, -0.2) is 56.6 Å². The van der Waals surface area contributed by atoms with E-state index in [-0.39, 0.29) is 11.3 Å². The summed E-state index contributed by atoms with van der Waals surface area (Å²) >= 11 is 1.33. The van der Waals surface area contributed by atoms with Crippen LogP contribution < -0.4 is 5.32 Å². The molecule has 1 amide bonds. The maximum Gasteiger partial charge on any atom is 0.294 e. The predicted octanol–water partition coefficient (Wildman–Crippen LogP) is 2.32. The number of benzene rings is 1. The molecule has 4 rings (SSSR count). The van der Waals surface area contributed by atoms with Crippen molar-refractivity contribution in [2.75, 3.05) is 31.6 Å². The van der Waals surface area contributed by atoms with Gasteiger partial charge in [-0.15, -0.1) is 11.3 Å². The molecule has 0 bridgehead atoms. The lowest BCUT2D eigenvalue weighted by atomic mass is 10.1. The number of thiazole rings is 1. The standard InChI is InChI=1S/C18H18N6O4S/c25-17(21-18-20-14(11-29-18)10-22-5-7-28-8-6-22)13-1-2-15(16(9-13)24(26)27)23-4-3-19-12-23/h1-4,9,11-12H,5-8,10H2,(H,20,21,25). The Balaban J connectivity index is 1.47. The van der Waals surface area contributed by atoms with Crippen molar-refractivity contribution in [2.24, 2.45) is 0 Å². The van der Waals surface area contributed by atoms with Gasteiger partial charge in [-0.25, -0.2) is 9.97 Å².